The molecule has 0 saturated carbocycles. The number of nitrogens with zero attached hydrogens (tertiary/aromatic N) is 2. The summed E-state index contributed by atoms with van der Waals surface area (Å²) < 4.78 is 37.8. The van der Waals surface area contributed by atoms with Crippen LogP contribution in [0.15, 0.2) is 29.1 Å². The molecule has 1 aromatic carbocycles. The van der Waals surface area contributed by atoms with Crippen molar-refractivity contribution in [3.05, 3.63) is 40.3 Å². The highest BCUT2D eigenvalue weighted by Gasteiger charge is 2.29. The molecule has 2 rings (SSSR count). The van der Waals surface area contributed by atoms with Gasteiger partial charge in [0.1, 0.15) is 6.54 Å². The number of benzene rings is 1. The summed E-state index contributed by atoms with van der Waals surface area (Å²) in [5.41, 5.74) is -0.592. The molecule has 0 saturated heterocycles. The number of carbonyl (C=O) groups is 1. The molecule has 0 spiro atoms. The van der Waals surface area contributed by atoms with Crippen LogP contribution in [0, 0.1) is 0 Å². The number of aromatic nitrogens is 2. The van der Waals surface area contributed by atoms with Gasteiger partial charge in [0.05, 0.1) is 11.4 Å². The Bertz CT molecular complexity index is 766. The summed E-state index contributed by atoms with van der Waals surface area (Å²) in [6, 6.07) is 5.87. The molecule has 8 heteroatoms. The third kappa shape index (κ3) is 3.26. The van der Waals surface area contributed by atoms with Gasteiger partial charge in [-0.15, -0.1) is 0 Å². The average molecular weight is 313 g/mol. The van der Waals surface area contributed by atoms with Crippen LogP contribution in [0.25, 0.3) is 10.8 Å². The maximum absolute atomic E-state index is 12.3. The molecule has 0 aliphatic rings. The van der Waals surface area contributed by atoms with Crippen LogP contribution in [0.1, 0.15) is 30.4 Å². The lowest BCUT2D eigenvalue weighted by molar-refractivity contribution is -0.123. The van der Waals surface area contributed by atoms with Gasteiger partial charge in [0.25, 0.3) is 11.5 Å². The van der Waals surface area contributed by atoms with E-state index in [0.29, 0.717) is 0 Å². The second kappa shape index (κ2) is 5.78. The molecule has 22 heavy (non-hydrogen) atoms. The maximum atomic E-state index is 12.3. The van der Waals surface area contributed by atoms with Gasteiger partial charge in [-0.2, -0.15) is 18.3 Å². The Morgan fingerprint density at radius 1 is 1.27 bits per heavy atom. The van der Waals surface area contributed by atoms with Gasteiger partial charge in [-0.3, -0.25) is 9.59 Å². The first kappa shape index (κ1) is 16.0. The number of hydrogen-bond acceptors (Lipinski definition) is 3. The molecule has 0 bridgehead atoms. The fourth-order valence-electron chi connectivity index (χ4n) is 1.99. The quantitative estimate of drug-likeness (QED) is 0.945. The number of fused-ring (bicyclic) bond motifs is 1. The van der Waals surface area contributed by atoms with E-state index in [2.05, 4.69) is 5.10 Å². The molecule has 1 heterocycles. The van der Waals surface area contributed by atoms with Crippen LogP contribution in [0.5, 0.6) is 0 Å². The summed E-state index contributed by atoms with van der Waals surface area (Å²) in [6.45, 7) is 1.93. The minimum absolute atomic E-state index is 0.201. The molecular weight excluding hydrogens is 299 g/mol. The molecule has 2 aromatic rings. The number of alkyl halides is 3. The smallest absolute Gasteiger partial charge is 0.342 e. The number of amides is 1. The zero-order chi connectivity index (χ0) is 16.5. The number of nitrogens with one attached hydrogen (secondary N) is 1. The first-order valence-corrected chi connectivity index (χ1v) is 6.57. The van der Waals surface area contributed by atoms with Crippen LogP contribution in [-0.2, 0) is 0 Å². The minimum Gasteiger partial charge on any atom is -0.342 e. The Morgan fingerprint density at radius 3 is 2.41 bits per heavy atom. The summed E-state index contributed by atoms with van der Waals surface area (Å²) in [4.78, 5) is 24.3. The van der Waals surface area contributed by atoms with Gasteiger partial charge in [0, 0.05) is 5.39 Å². The Morgan fingerprint density at radius 2 is 1.86 bits per heavy atom. The Balaban J connectivity index is 2.55. The van der Waals surface area contributed by atoms with Crippen molar-refractivity contribution in [2.45, 2.75) is 26.1 Å². The number of halogens is 3. The van der Waals surface area contributed by atoms with E-state index >= 15 is 0 Å². The first-order chi connectivity index (χ1) is 10.2. The third-order valence-corrected chi connectivity index (χ3v) is 2.98. The van der Waals surface area contributed by atoms with E-state index in [9.17, 15) is 22.8 Å². The van der Waals surface area contributed by atoms with Crippen molar-refractivity contribution in [2.24, 2.45) is 0 Å². The second-order valence-electron chi connectivity index (χ2n) is 5.04. The van der Waals surface area contributed by atoms with Crippen LogP contribution in [0.4, 0.5) is 13.2 Å². The molecule has 0 fully saturated rings. The molecule has 0 aliphatic carbocycles. The lowest BCUT2D eigenvalue weighted by atomic mass is 10.1. The highest BCUT2D eigenvalue weighted by Crippen LogP contribution is 2.16. The summed E-state index contributed by atoms with van der Waals surface area (Å²) in [7, 11) is 0. The Labute approximate surface area is 123 Å². The fraction of sp³-hybridized carbons (Fsp3) is 0.357. The van der Waals surface area contributed by atoms with Gasteiger partial charge in [-0.25, -0.2) is 4.68 Å². The zero-order valence-corrected chi connectivity index (χ0v) is 11.9. The van der Waals surface area contributed by atoms with Crippen molar-refractivity contribution >= 4 is 16.7 Å². The number of carbonyl (C=O) groups excluding carboxylic acids is 1. The van der Waals surface area contributed by atoms with Crippen molar-refractivity contribution in [1.29, 1.82) is 0 Å². The lowest BCUT2D eigenvalue weighted by Gasteiger charge is -2.14. The Hall–Kier alpha value is -2.38. The summed E-state index contributed by atoms with van der Waals surface area (Å²) >= 11 is 0. The highest BCUT2D eigenvalue weighted by atomic mass is 19.4. The molecule has 0 unspecified atom stereocenters. The van der Waals surface area contributed by atoms with Crippen LogP contribution >= 0.6 is 0 Å². The lowest BCUT2D eigenvalue weighted by Crippen LogP contribution is -2.36. The summed E-state index contributed by atoms with van der Waals surface area (Å²) in [5.74, 6) is -0.970. The SMILES string of the molecule is CC(C)n1nc(C(=O)NCC(F)(F)F)c2ccccc2c1=O. The van der Waals surface area contributed by atoms with Gasteiger partial charge in [-0.05, 0) is 19.9 Å². The van der Waals surface area contributed by atoms with E-state index in [0.717, 1.165) is 4.68 Å². The van der Waals surface area contributed by atoms with E-state index < -0.39 is 24.2 Å². The molecule has 5 nitrogen and oxygen atoms in total. The van der Waals surface area contributed by atoms with E-state index in [1.54, 1.807) is 31.3 Å². The maximum Gasteiger partial charge on any atom is 0.405 e. The molecule has 1 N–H and O–H groups in total. The van der Waals surface area contributed by atoms with Crippen molar-refractivity contribution in [2.75, 3.05) is 6.54 Å². The second-order valence-corrected chi connectivity index (χ2v) is 5.04. The van der Waals surface area contributed by atoms with Crippen molar-refractivity contribution in [3.8, 4) is 0 Å². The van der Waals surface area contributed by atoms with E-state index in [1.165, 1.54) is 12.1 Å². The first-order valence-electron chi connectivity index (χ1n) is 6.57. The molecule has 118 valence electrons. The molecule has 0 aliphatic heterocycles. The standard InChI is InChI=1S/C14H14F3N3O2/c1-8(2)20-13(22)10-6-4-3-5-9(10)11(19-20)12(21)18-7-14(15,16)17/h3-6,8H,7H2,1-2H3,(H,18,21). The fourth-order valence-corrected chi connectivity index (χ4v) is 1.99. The van der Waals surface area contributed by atoms with E-state index in [4.69, 9.17) is 0 Å². The van der Waals surface area contributed by atoms with Gasteiger partial charge in [-0.1, -0.05) is 18.2 Å². The van der Waals surface area contributed by atoms with E-state index in [-0.39, 0.29) is 22.5 Å². The topological polar surface area (TPSA) is 64.0 Å². The predicted molar refractivity (Wildman–Crippen MR) is 74.8 cm³/mol. The molecule has 1 amide bonds. The normalized spacial score (nSPS) is 11.9. The van der Waals surface area contributed by atoms with Crippen molar-refractivity contribution in [3.63, 3.8) is 0 Å². The van der Waals surface area contributed by atoms with Gasteiger partial charge < -0.3 is 5.32 Å². The Kier molecular flexibility index (Phi) is 4.20. The van der Waals surface area contributed by atoms with E-state index in [1.807, 2.05) is 0 Å². The third-order valence-electron chi connectivity index (χ3n) is 2.98. The van der Waals surface area contributed by atoms with Crippen molar-refractivity contribution < 1.29 is 18.0 Å². The predicted octanol–water partition coefficient (Wildman–Crippen LogP) is 2.27. The minimum atomic E-state index is -4.52. The largest absolute Gasteiger partial charge is 0.405 e. The average Bonchev–Trinajstić information content (AvgIpc) is 2.44. The van der Waals surface area contributed by atoms with Gasteiger partial charge >= 0.3 is 6.18 Å². The van der Waals surface area contributed by atoms with Crippen LogP contribution in [0.3, 0.4) is 0 Å². The zero-order valence-electron chi connectivity index (χ0n) is 11.9. The monoisotopic (exact) mass is 313 g/mol. The summed E-state index contributed by atoms with van der Waals surface area (Å²) in [6.07, 6.45) is -4.52. The van der Waals surface area contributed by atoms with Crippen LogP contribution < -0.4 is 10.9 Å². The van der Waals surface area contributed by atoms with Crippen LogP contribution in [0.2, 0.25) is 0 Å². The molecule has 0 radical (unpaired) electrons. The van der Waals surface area contributed by atoms with Crippen LogP contribution in [-0.4, -0.2) is 28.4 Å². The van der Waals surface area contributed by atoms with Gasteiger partial charge in [0.15, 0.2) is 5.69 Å². The van der Waals surface area contributed by atoms with Gasteiger partial charge in [0.2, 0.25) is 0 Å². The molecule has 0 atom stereocenters. The molecular formula is C14H14F3N3O2. The summed E-state index contributed by atoms with van der Waals surface area (Å²) in [5, 5.41) is 6.17. The highest BCUT2D eigenvalue weighted by molar-refractivity contribution is 6.04. The molecule has 1 aromatic heterocycles. The number of hydrogen-bond donors (Lipinski definition) is 1. The van der Waals surface area contributed by atoms with Crippen molar-refractivity contribution in [1.82, 2.24) is 15.1 Å². The number of rotatable bonds is 3.